The molecule has 0 bridgehead atoms. The molecule has 5 nitrogen and oxygen atoms in total. The zero-order chi connectivity index (χ0) is 24.8. The van der Waals surface area contributed by atoms with Gasteiger partial charge in [0.25, 0.3) is 0 Å². The second-order valence-electron chi connectivity index (χ2n) is 10.2. The van der Waals surface area contributed by atoms with Crippen molar-refractivity contribution in [1.82, 2.24) is 10.3 Å². The van der Waals surface area contributed by atoms with Gasteiger partial charge in [0.2, 0.25) is 5.78 Å². The SMILES string of the molecule is C=C(C)CNC(=S)CC1CCC(c2nc(C(=O)C(N)c3ccccc3N3CCCCC3)cs2)CC1. The second kappa shape index (κ2) is 12.2. The van der Waals surface area contributed by atoms with E-state index in [0.29, 0.717) is 17.5 Å². The van der Waals surface area contributed by atoms with Gasteiger partial charge in [-0.15, -0.1) is 11.3 Å². The molecular formula is C28H38N4OS2. The number of thiazole rings is 1. The third-order valence-corrected chi connectivity index (χ3v) is 8.60. The second-order valence-corrected chi connectivity index (χ2v) is 11.6. The van der Waals surface area contributed by atoms with E-state index < -0.39 is 6.04 Å². The zero-order valence-electron chi connectivity index (χ0n) is 20.8. The van der Waals surface area contributed by atoms with Gasteiger partial charge >= 0.3 is 0 Å². The molecular weight excluding hydrogens is 472 g/mol. The molecule has 2 heterocycles. The normalized spacial score (nSPS) is 21.4. The number of thiocarbonyl (C=S) groups is 1. The number of aromatic nitrogens is 1. The number of nitrogens with zero attached hydrogens (tertiary/aromatic N) is 2. The van der Waals surface area contributed by atoms with Gasteiger partial charge in [-0.3, -0.25) is 4.79 Å². The van der Waals surface area contributed by atoms with Crippen LogP contribution >= 0.6 is 23.6 Å². The summed E-state index contributed by atoms with van der Waals surface area (Å²) in [4.78, 5) is 21.4. The molecule has 2 aromatic rings. The number of ketones is 1. The Morgan fingerprint density at radius 3 is 2.66 bits per heavy atom. The Morgan fingerprint density at radius 1 is 1.23 bits per heavy atom. The maximum atomic E-state index is 13.3. The average molecular weight is 511 g/mol. The van der Waals surface area contributed by atoms with Crippen molar-refractivity contribution in [2.45, 2.75) is 70.3 Å². The molecule has 4 rings (SSSR count). The molecule has 1 saturated heterocycles. The van der Waals surface area contributed by atoms with E-state index in [1.54, 1.807) is 11.3 Å². The average Bonchev–Trinajstić information content (AvgIpc) is 3.38. The topological polar surface area (TPSA) is 71.2 Å². The van der Waals surface area contributed by atoms with Crippen LogP contribution in [0, 0.1) is 5.92 Å². The van der Waals surface area contributed by atoms with Crippen LogP contribution in [-0.4, -0.2) is 35.4 Å². The minimum Gasteiger partial charge on any atom is -0.376 e. The van der Waals surface area contributed by atoms with Crippen molar-refractivity contribution in [1.29, 1.82) is 0 Å². The van der Waals surface area contributed by atoms with Gasteiger partial charge < -0.3 is 16.0 Å². The molecule has 1 aliphatic heterocycles. The Labute approximate surface area is 219 Å². The number of benzene rings is 1. The summed E-state index contributed by atoms with van der Waals surface area (Å²) in [5.74, 6) is 0.961. The lowest BCUT2D eigenvalue weighted by molar-refractivity contribution is 0.0957. The quantitative estimate of drug-likeness (QED) is 0.239. The van der Waals surface area contributed by atoms with Gasteiger partial charge in [-0.1, -0.05) is 42.6 Å². The van der Waals surface area contributed by atoms with E-state index in [2.05, 4.69) is 22.9 Å². The van der Waals surface area contributed by atoms with Gasteiger partial charge in [0, 0.05) is 48.6 Å². The summed E-state index contributed by atoms with van der Waals surface area (Å²) in [6, 6.07) is 7.41. The predicted octanol–water partition coefficient (Wildman–Crippen LogP) is 6.17. The number of piperidine rings is 1. The van der Waals surface area contributed by atoms with Crippen molar-refractivity contribution in [2.75, 3.05) is 24.5 Å². The number of nitrogens with two attached hydrogens (primary N) is 1. The highest BCUT2D eigenvalue weighted by atomic mass is 32.1. The Hall–Kier alpha value is -2.09. The lowest BCUT2D eigenvalue weighted by Gasteiger charge is -2.31. The number of carbonyl (C=O) groups is 1. The molecule has 1 aromatic carbocycles. The van der Waals surface area contributed by atoms with E-state index in [0.717, 1.165) is 78.6 Å². The summed E-state index contributed by atoms with van der Waals surface area (Å²) >= 11 is 7.12. The van der Waals surface area contributed by atoms with Crippen LogP contribution < -0.4 is 16.0 Å². The Bertz CT molecular complexity index is 1040. The molecule has 1 aromatic heterocycles. The summed E-state index contributed by atoms with van der Waals surface area (Å²) in [6.45, 7) is 8.74. The Balaban J connectivity index is 1.35. The molecule has 7 heteroatoms. The number of hydrogen-bond donors (Lipinski definition) is 2. The Morgan fingerprint density at radius 2 is 1.94 bits per heavy atom. The third kappa shape index (κ3) is 6.78. The van der Waals surface area contributed by atoms with Crippen LogP contribution in [-0.2, 0) is 0 Å². The molecule has 1 unspecified atom stereocenters. The molecule has 188 valence electrons. The van der Waals surface area contributed by atoms with Crippen molar-refractivity contribution >= 4 is 40.0 Å². The van der Waals surface area contributed by atoms with E-state index >= 15 is 0 Å². The molecule has 1 saturated carbocycles. The van der Waals surface area contributed by atoms with E-state index in [1.807, 2.05) is 30.5 Å². The predicted molar refractivity (Wildman–Crippen MR) is 151 cm³/mol. The van der Waals surface area contributed by atoms with E-state index in [4.69, 9.17) is 22.9 Å². The van der Waals surface area contributed by atoms with Crippen LogP contribution in [0.4, 0.5) is 5.69 Å². The Kier molecular flexibility index (Phi) is 9.09. The number of rotatable bonds is 9. The van der Waals surface area contributed by atoms with Gasteiger partial charge in [0.05, 0.1) is 16.0 Å². The monoisotopic (exact) mass is 510 g/mol. The smallest absolute Gasteiger partial charge is 0.203 e. The molecule has 0 radical (unpaired) electrons. The zero-order valence-corrected chi connectivity index (χ0v) is 22.4. The molecule has 0 amide bonds. The van der Waals surface area contributed by atoms with Crippen LogP contribution in [0.3, 0.4) is 0 Å². The van der Waals surface area contributed by atoms with Crippen molar-refractivity contribution in [3.63, 3.8) is 0 Å². The molecule has 2 aliphatic rings. The highest BCUT2D eigenvalue weighted by Gasteiger charge is 2.28. The first-order valence-corrected chi connectivity index (χ1v) is 14.2. The van der Waals surface area contributed by atoms with E-state index in [-0.39, 0.29) is 5.78 Å². The minimum atomic E-state index is -0.688. The number of para-hydroxylation sites is 1. The maximum absolute atomic E-state index is 13.3. The minimum absolute atomic E-state index is 0.0837. The fourth-order valence-electron chi connectivity index (χ4n) is 5.26. The van der Waals surface area contributed by atoms with Crippen molar-refractivity contribution in [2.24, 2.45) is 11.7 Å². The van der Waals surface area contributed by atoms with Crippen molar-refractivity contribution in [3.8, 4) is 0 Å². The van der Waals surface area contributed by atoms with Crippen LogP contribution in [0.1, 0.15) is 91.3 Å². The van der Waals surface area contributed by atoms with Gasteiger partial charge in [-0.25, -0.2) is 4.98 Å². The molecule has 2 fully saturated rings. The summed E-state index contributed by atoms with van der Waals surface area (Å²) in [5, 5.41) is 6.29. The van der Waals surface area contributed by atoms with E-state index in [1.165, 1.54) is 19.3 Å². The molecule has 35 heavy (non-hydrogen) atoms. The van der Waals surface area contributed by atoms with Gasteiger partial charge in [0.1, 0.15) is 5.69 Å². The number of hydrogen-bond acceptors (Lipinski definition) is 6. The number of nitrogens with one attached hydrogen (secondary N) is 1. The number of carbonyl (C=O) groups excluding carboxylic acids is 1. The highest BCUT2D eigenvalue weighted by molar-refractivity contribution is 7.80. The van der Waals surface area contributed by atoms with Gasteiger partial charge in [-0.2, -0.15) is 0 Å². The third-order valence-electron chi connectivity index (χ3n) is 7.28. The summed E-state index contributed by atoms with van der Waals surface area (Å²) in [7, 11) is 0. The first-order valence-electron chi connectivity index (χ1n) is 12.9. The standard InChI is InChI=1S/C28H38N4OS2/c1-19(2)17-30-25(34)16-20-10-12-21(13-11-20)28-31-23(18-35-28)27(33)26(29)22-8-4-5-9-24(22)32-14-6-3-7-15-32/h4-5,8-9,18,20-21,26H,1,3,6-7,10-17,29H2,2H3,(H,30,34). The van der Waals surface area contributed by atoms with Crippen LogP contribution in [0.15, 0.2) is 41.8 Å². The van der Waals surface area contributed by atoms with Crippen LogP contribution in [0.2, 0.25) is 0 Å². The molecule has 1 aliphatic carbocycles. The first kappa shape index (κ1) is 26.0. The number of Topliss-reactive ketones (excluding diaryl/α,β-unsaturated/α-hetero) is 1. The molecule has 1 atom stereocenters. The van der Waals surface area contributed by atoms with Crippen LogP contribution in [0.5, 0.6) is 0 Å². The molecule has 0 spiro atoms. The number of anilines is 1. The summed E-state index contributed by atoms with van der Waals surface area (Å²) in [6.07, 6.45) is 9.07. The van der Waals surface area contributed by atoms with Crippen LogP contribution in [0.25, 0.3) is 0 Å². The fraction of sp³-hybridized carbons (Fsp3) is 0.536. The largest absolute Gasteiger partial charge is 0.376 e. The summed E-state index contributed by atoms with van der Waals surface area (Å²) in [5.41, 5.74) is 10.2. The molecule has 3 N–H and O–H groups in total. The van der Waals surface area contributed by atoms with Gasteiger partial charge in [0.15, 0.2) is 0 Å². The van der Waals surface area contributed by atoms with Crippen molar-refractivity contribution < 1.29 is 4.79 Å². The fourth-order valence-corrected chi connectivity index (χ4v) is 6.55. The van der Waals surface area contributed by atoms with Gasteiger partial charge in [-0.05, 0) is 63.9 Å². The highest BCUT2D eigenvalue weighted by Crippen LogP contribution is 2.39. The lowest BCUT2D eigenvalue weighted by Crippen LogP contribution is -2.32. The van der Waals surface area contributed by atoms with Crippen molar-refractivity contribution in [3.05, 3.63) is 58.1 Å². The lowest BCUT2D eigenvalue weighted by atomic mass is 9.81. The summed E-state index contributed by atoms with van der Waals surface area (Å²) < 4.78 is 0. The first-order chi connectivity index (χ1) is 16.9. The maximum Gasteiger partial charge on any atom is 0.203 e. The van der Waals surface area contributed by atoms with E-state index in [9.17, 15) is 4.79 Å².